The molecular formula is C18H25NS. The Labute approximate surface area is 126 Å². The average molecular weight is 287 g/mol. The van der Waals surface area contributed by atoms with Crippen LogP contribution in [-0.2, 0) is 6.54 Å². The molecule has 0 unspecified atom stereocenters. The molecule has 1 heterocycles. The Morgan fingerprint density at radius 1 is 1.15 bits per heavy atom. The molecule has 0 saturated heterocycles. The van der Waals surface area contributed by atoms with Crippen molar-refractivity contribution >= 4 is 21.4 Å². The zero-order chi connectivity index (χ0) is 14.3. The molecule has 1 aromatic heterocycles. The molecule has 0 atom stereocenters. The normalized spacial score (nSPS) is 15.7. The highest BCUT2D eigenvalue weighted by Gasteiger charge is 2.22. The molecule has 2 aromatic rings. The highest BCUT2D eigenvalue weighted by molar-refractivity contribution is 7.19. The van der Waals surface area contributed by atoms with Crippen LogP contribution in [0.2, 0.25) is 0 Å². The first-order valence-electron chi connectivity index (χ1n) is 7.85. The van der Waals surface area contributed by atoms with Gasteiger partial charge < -0.3 is 5.32 Å². The van der Waals surface area contributed by atoms with Gasteiger partial charge in [0, 0.05) is 22.2 Å². The monoisotopic (exact) mass is 287 g/mol. The van der Waals surface area contributed by atoms with Gasteiger partial charge in [0.2, 0.25) is 0 Å². The molecule has 0 radical (unpaired) electrons. The van der Waals surface area contributed by atoms with E-state index in [4.69, 9.17) is 0 Å². The number of benzene rings is 1. The summed E-state index contributed by atoms with van der Waals surface area (Å²) in [5, 5.41) is 5.17. The standard InChI is InChI=1S/C18H25NS/c1-11(2)13-5-8-16-15(9-13)18(12(3)4)17(20-16)10-19-14-6-7-14/h5,8-9,11-12,14,19H,6-7,10H2,1-4H3. The van der Waals surface area contributed by atoms with Gasteiger partial charge in [0.15, 0.2) is 0 Å². The van der Waals surface area contributed by atoms with Gasteiger partial charge in [-0.2, -0.15) is 0 Å². The van der Waals surface area contributed by atoms with E-state index in [2.05, 4.69) is 51.2 Å². The van der Waals surface area contributed by atoms with Gasteiger partial charge in [-0.05, 0) is 53.3 Å². The Kier molecular flexibility index (Phi) is 3.87. The zero-order valence-corrected chi connectivity index (χ0v) is 13.8. The Hall–Kier alpha value is -0.860. The summed E-state index contributed by atoms with van der Waals surface area (Å²) in [4.78, 5) is 1.54. The molecule has 108 valence electrons. The Balaban J connectivity index is 2.02. The smallest absolute Gasteiger partial charge is 0.0349 e. The zero-order valence-electron chi connectivity index (χ0n) is 13.0. The highest BCUT2D eigenvalue weighted by Crippen LogP contribution is 2.38. The lowest BCUT2D eigenvalue weighted by Crippen LogP contribution is -2.15. The predicted molar refractivity (Wildman–Crippen MR) is 89.9 cm³/mol. The molecule has 1 fully saturated rings. The summed E-state index contributed by atoms with van der Waals surface area (Å²) in [6.45, 7) is 10.2. The van der Waals surface area contributed by atoms with Gasteiger partial charge in [-0.25, -0.2) is 0 Å². The molecule has 1 aliphatic rings. The first-order chi connectivity index (χ1) is 9.56. The van der Waals surface area contributed by atoms with Crippen molar-refractivity contribution in [3.05, 3.63) is 34.2 Å². The van der Waals surface area contributed by atoms with Crippen LogP contribution in [0.25, 0.3) is 10.1 Å². The summed E-state index contributed by atoms with van der Waals surface area (Å²) < 4.78 is 1.45. The van der Waals surface area contributed by atoms with E-state index in [0.29, 0.717) is 11.8 Å². The molecule has 0 aliphatic heterocycles. The second kappa shape index (κ2) is 5.50. The maximum Gasteiger partial charge on any atom is 0.0349 e. The molecular weight excluding hydrogens is 262 g/mol. The summed E-state index contributed by atoms with van der Waals surface area (Å²) in [6, 6.07) is 7.83. The predicted octanol–water partition coefficient (Wildman–Crippen LogP) is 5.40. The third-order valence-electron chi connectivity index (χ3n) is 4.20. The molecule has 0 amide bonds. The van der Waals surface area contributed by atoms with Crippen LogP contribution in [0.1, 0.15) is 68.4 Å². The van der Waals surface area contributed by atoms with Gasteiger partial charge in [-0.15, -0.1) is 11.3 Å². The number of hydrogen-bond acceptors (Lipinski definition) is 2. The number of fused-ring (bicyclic) bond motifs is 1. The third kappa shape index (κ3) is 2.77. The molecule has 1 aromatic carbocycles. The minimum absolute atomic E-state index is 0.599. The van der Waals surface area contributed by atoms with Gasteiger partial charge >= 0.3 is 0 Å². The second-order valence-electron chi connectivity index (χ2n) is 6.66. The van der Waals surface area contributed by atoms with Crippen molar-refractivity contribution in [1.29, 1.82) is 0 Å². The second-order valence-corrected chi connectivity index (χ2v) is 7.80. The van der Waals surface area contributed by atoms with E-state index in [0.717, 1.165) is 12.6 Å². The van der Waals surface area contributed by atoms with E-state index in [-0.39, 0.29) is 0 Å². The van der Waals surface area contributed by atoms with Gasteiger partial charge in [-0.1, -0.05) is 33.8 Å². The van der Waals surface area contributed by atoms with Crippen molar-refractivity contribution < 1.29 is 0 Å². The van der Waals surface area contributed by atoms with Gasteiger partial charge in [0.25, 0.3) is 0 Å². The highest BCUT2D eigenvalue weighted by atomic mass is 32.1. The maximum absolute atomic E-state index is 3.68. The molecule has 1 N–H and O–H groups in total. The largest absolute Gasteiger partial charge is 0.309 e. The number of thiophene rings is 1. The van der Waals surface area contributed by atoms with E-state index >= 15 is 0 Å². The summed E-state index contributed by atoms with van der Waals surface area (Å²) in [7, 11) is 0. The van der Waals surface area contributed by atoms with Crippen LogP contribution in [0.3, 0.4) is 0 Å². The maximum atomic E-state index is 3.68. The van der Waals surface area contributed by atoms with Crippen molar-refractivity contribution in [3.8, 4) is 0 Å². The molecule has 2 heteroatoms. The fraction of sp³-hybridized carbons (Fsp3) is 0.556. The molecule has 3 rings (SSSR count). The van der Waals surface area contributed by atoms with Crippen molar-refractivity contribution in [2.24, 2.45) is 0 Å². The number of hydrogen-bond donors (Lipinski definition) is 1. The molecule has 0 bridgehead atoms. The average Bonchev–Trinajstić information content (AvgIpc) is 3.14. The lowest BCUT2D eigenvalue weighted by atomic mass is 9.95. The molecule has 1 saturated carbocycles. The molecule has 0 spiro atoms. The van der Waals surface area contributed by atoms with E-state index in [1.165, 1.54) is 28.5 Å². The first-order valence-corrected chi connectivity index (χ1v) is 8.66. The van der Waals surface area contributed by atoms with Crippen molar-refractivity contribution in [2.45, 2.75) is 65.0 Å². The van der Waals surface area contributed by atoms with Crippen LogP contribution in [0.15, 0.2) is 18.2 Å². The molecule has 1 nitrogen and oxygen atoms in total. The van der Waals surface area contributed by atoms with Crippen molar-refractivity contribution in [3.63, 3.8) is 0 Å². The fourth-order valence-corrected chi connectivity index (χ4v) is 4.12. The lowest BCUT2D eigenvalue weighted by Gasteiger charge is -2.10. The molecule has 20 heavy (non-hydrogen) atoms. The van der Waals surface area contributed by atoms with Crippen LogP contribution >= 0.6 is 11.3 Å². The van der Waals surface area contributed by atoms with Crippen LogP contribution in [-0.4, -0.2) is 6.04 Å². The van der Waals surface area contributed by atoms with Crippen molar-refractivity contribution in [2.75, 3.05) is 0 Å². The Morgan fingerprint density at radius 2 is 1.90 bits per heavy atom. The van der Waals surface area contributed by atoms with Gasteiger partial charge in [0.1, 0.15) is 0 Å². The summed E-state index contributed by atoms with van der Waals surface area (Å²) >= 11 is 1.98. The minimum Gasteiger partial charge on any atom is -0.309 e. The van der Waals surface area contributed by atoms with Crippen LogP contribution in [0.4, 0.5) is 0 Å². The van der Waals surface area contributed by atoms with E-state index in [1.54, 1.807) is 10.4 Å². The van der Waals surface area contributed by atoms with E-state index in [1.807, 2.05) is 11.3 Å². The lowest BCUT2D eigenvalue weighted by molar-refractivity contribution is 0.686. The van der Waals surface area contributed by atoms with E-state index < -0.39 is 0 Å². The van der Waals surface area contributed by atoms with Crippen LogP contribution in [0.5, 0.6) is 0 Å². The van der Waals surface area contributed by atoms with Crippen LogP contribution in [0, 0.1) is 0 Å². The van der Waals surface area contributed by atoms with Gasteiger partial charge in [0.05, 0.1) is 0 Å². The fourth-order valence-electron chi connectivity index (χ4n) is 2.83. The topological polar surface area (TPSA) is 12.0 Å². The summed E-state index contributed by atoms with van der Waals surface area (Å²) in [6.07, 6.45) is 2.72. The first kappa shape index (κ1) is 14.1. The third-order valence-corrected chi connectivity index (χ3v) is 5.39. The SMILES string of the molecule is CC(C)c1ccc2sc(CNC3CC3)c(C(C)C)c2c1. The summed E-state index contributed by atoms with van der Waals surface area (Å²) in [5.74, 6) is 1.20. The quantitative estimate of drug-likeness (QED) is 0.776. The van der Waals surface area contributed by atoms with Crippen molar-refractivity contribution in [1.82, 2.24) is 5.32 Å². The number of rotatable bonds is 5. The summed E-state index contributed by atoms with van der Waals surface area (Å²) in [5.41, 5.74) is 3.03. The Morgan fingerprint density at radius 3 is 2.50 bits per heavy atom. The number of nitrogens with one attached hydrogen (secondary N) is 1. The van der Waals surface area contributed by atoms with Gasteiger partial charge in [-0.3, -0.25) is 0 Å². The van der Waals surface area contributed by atoms with E-state index in [9.17, 15) is 0 Å². The minimum atomic E-state index is 0.599. The molecule has 1 aliphatic carbocycles. The Bertz CT molecular complexity index is 605. The van der Waals surface area contributed by atoms with Crippen LogP contribution < -0.4 is 5.32 Å².